The van der Waals surface area contributed by atoms with Gasteiger partial charge >= 0.3 is 0 Å². The number of nitrogens with zero attached hydrogens (tertiary/aromatic N) is 3. The molecule has 0 aliphatic carbocycles. The Bertz CT molecular complexity index is 752. The number of hydrogen-bond donors (Lipinski definition) is 2. The number of rotatable bonds is 6. The van der Waals surface area contributed by atoms with E-state index >= 15 is 0 Å². The predicted molar refractivity (Wildman–Crippen MR) is 121 cm³/mol. The van der Waals surface area contributed by atoms with Crippen molar-refractivity contribution in [2.24, 2.45) is 4.99 Å². The van der Waals surface area contributed by atoms with E-state index in [1.807, 2.05) is 13.8 Å². The molecule has 0 spiro atoms. The number of aliphatic imine (C=N–C) groups is 1. The maximum absolute atomic E-state index is 5.59. The lowest BCUT2D eigenvalue weighted by Gasteiger charge is -2.26. The molecule has 154 valence electrons. The minimum Gasteiger partial charge on any atom is -0.444 e. The number of aryl methyl sites for hydroxylation is 2. The molecule has 1 aliphatic heterocycles. The van der Waals surface area contributed by atoms with Gasteiger partial charge in [0.25, 0.3) is 0 Å². The Labute approximate surface area is 184 Å². The molecule has 1 saturated heterocycles. The maximum atomic E-state index is 5.59. The first-order valence-electron chi connectivity index (χ1n) is 9.39. The number of halogens is 1. The van der Waals surface area contributed by atoms with E-state index in [9.17, 15) is 0 Å². The summed E-state index contributed by atoms with van der Waals surface area (Å²) >= 11 is 0. The molecule has 28 heavy (non-hydrogen) atoms. The van der Waals surface area contributed by atoms with Crippen molar-refractivity contribution in [3.63, 3.8) is 0 Å². The number of morpholine rings is 1. The molecule has 2 aromatic rings. The van der Waals surface area contributed by atoms with Crippen molar-refractivity contribution in [2.75, 3.05) is 33.4 Å². The molecule has 1 aromatic heterocycles. The number of nitrogens with one attached hydrogen (secondary N) is 2. The lowest BCUT2D eigenvalue weighted by Crippen LogP contribution is -2.36. The second-order valence-electron chi connectivity index (χ2n) is 6.74. The number of ether oxygens (including phenoxy) is 1. The highest BCUT2D eigenvalue weighted by molar-refractivity contribution is 14.0. The Morgan fingerprint density at radius 3 is 2.54 bits per heavy atom. The van der Waals surface area contributed by atoms with Crippen LogP contribution in [0.2, 0.25) is 0 Å². The first kappa shape index (κ1) is 22.6. The average molecular weight is 499 g/mol. The van der Waals surface area contributed by atoms with E-state index in [2.05, 4.69) is 49.8 Å². The van der Waals surface area contributed by atoms with Crippen molar-refractivity contribution in [2.45, 2.75) is 33.5 Å². The van der Waals surface area contributed by atoms with Gasteiger partial charge in [0.1, 0.15) is 5.76 Å². The molecule has 8 heteroatoms. The van der Waals surface area contributed by atoms with Crippen molar-refractivity contribution >= 4 is 29.9 Å². The smallest absolute Gasteiger partial charge is 0.214 e. The number of aromatic nitrogens is 1. The fourth-order valence-corrected chi connectivity index (χ4v) is 3.04. The van der Waals surface area contributed by atoms with Gasteiger partial charge in [-0.15, -0.1) is 24.0 Å². The molecule has 0 radical (unpaired) electrons. The Morgan fingerprint density at radius 1 is 1.14 bits per heavy atom. The second-order valence-corrected chi connectivity index (χ2v) is 6.74. The zero-order valence-corrected chi connectivity index (χ0v) is 19.2. The predicted octanol–water partition coefficient (Wildman–Crippen LogP) is 2.61. The van der Waals surface area contributed by atoms with Gasteiger partial charge in [0, 0.05) is 33.2 Å². The van der Waals surface area contributed by atoms with Crippen LogP contribution in [0.25, 0.3) is 0 Å². The molecule has 0 bridgehead atoms. The Morgan fingerprint density at radius 2 is 1.86 bits per heavy atom. The Kier molecular flexibility index (Phi) is 9.20. The number of benzene rings is 1. The average Bonchev–Trinajstić information content (AvgIpc) is 3.01. The third-order valence-corrected chi connectivity index (χ3v) is 4.66. The minimum absolute atomic E-state index is 0. The molecule has 0 unspecified atom stereocenters. The molecule has 0 atom stereocenters. The van der Waals surface area contributed by atoms with Gasteiger partial charge in [-0.25, -0.2) is 4.98 Å². The van der Waals surface area contributed by atoms with Crippen molar-refractivity contribution in [1.29, 1.82) is 0 Å². The van der Waals surface area contributed by atoms with Gasteiger partial charge in [0.05, 0.1) is 25.5 Å². The fourth-order valence-electron chi connectivity index (χ4n) is 3.04. The highest BCUT2D eigenvalue weighted by Crippen LogP contribution is 2.10. The van der Waals surface area contributed by atoms with Gasteiger partial charge in [-0.1, -0.05) is 24.3 Å². The topological polar surface area (TPSA) is 74.9 Å². The monoisotopic (exact) mass is 499 g/mol. The molecule has 1 aliphatic rings. The summed E-state index contributed by atoms with van der Waals surface area (Å²) in [5.41, 5.74) is 3.48. The van der Waals surface area contributed by atoms with E-state index in [4.69, 9.17) is 9.15 Å². The maximum Gasteiger partial charge on any atom is 0.214 e. The van der Waals surface area contributed by atoms with E-state index in [-0.39, 0.29) is 24.0 Å². The summed E-state index contributed by atoms with van der Waals surface area (Å²) in [4.78, 5) is 11.1. The molecular formula is C20H30IN5O2. The zero-order chi connectivity index (χ0) is 19.1. The number of guanidine groups is 1. The van der Waals surface area contributed by atoms with Crippen molar-refractivity contribution in [3.05, 3.63) is 52.7 Å². The van der Waals surface area contributed by atoms with E-state index in [1.165, 1.54) is 11.1 Å². The number of oxazole rings is 1. The standard InChI is InChI=1S/C20H29N5O2.HI/c1-15-16(2)27-19(24-15)13-23-20(21-3)22-12-17-5-4-6-18(11-17)14-25-7-9-26-10-8-25;/h4-6,11H,7-10,12-14H2,1-3H3,(H2,21,22,23);1H. The quantitative estimate of drug-likeness (QED) is 0.362. The largest absolute Gasteiger partial charge is 0.444 e. The number of hydrogen-bond acceptors (Lipinski definition) is 5. The van der Waals surface area contributed by atoms with Crippen LogP contribution < -0.4 is 10.6 Å². The Balaban J connectivity index is 0.00000280. The zero-order valence-electron chi connectivity index (χ0n) is 16.8. The third-order valence-electron chi connectivity index (χ3n) is 4.66. The highest BCUT2D eigenvalue weighted by atomic mass is 127. The van der Waals surface area contributed by atoms with Gasteiger partial charge in [0.15, 0.2) is 5.96 Å². The molecular weight excluding hydrogens is 469 g/mol. The van der Waals surface area contributed by atoms with E-state index in [0.29, 0.717) is 19.0 Å². The SMILES string of the molecule is CN=C(NCc1cccc(CN2CCOCC2)c1)NCc1nc(C)c(C)o1.I. The van der Waals surface area contributed by atoms with E-state index < -0.39 is 0 Å². The van der Waals surface area contributed by atoms with Crippen LogP contribution in [0.15, 0.2) is 33.7 Å². The summed E-state index contributed by atoms with van der Waals surface area (Å²) < 4.78 is 11.0. The summed E-state index contributed by atoms with van der Waals surface area (Å²) in [7, 11) is 1.76. The summed E-state index contributed by atoms with van der Waals surface area (Å²) in [5.74, 6) is 2.24. The molecule has 1 aromatic carbocycles. The van der Waals surface area contributed by atoms with Crippen LogP contribution in [-0.2, 0) is 24.4 Å². The normalized spacial score (nSPS) is 15.2. The van der Waals surface area contributed by atoms with Gasteiger partial charge in [0.2, 0.25) is 5.89 Å². The van der Waals surface area contributed by atoms with Crippen molar-refractivity contribution < 1.29 is 9.15 Å². The molecule has 7 nitrogen and oxygen atoms in total. The van der Waals surface area contributed by atoms with Crippen LogP contribution in [0.4, 0.5) is 0 Å². The van der Waals surface area contributed by atoms with Crippen molar-refractivity contribution in [1.82, 2.24) is 20.5 Å². The summed E-state index contributed by atoms with van der Waals surface area (Å²) in [6, 6.07) is 8.67. The lowest BCUT2D eigenvalue weighted by atomic mass is 10.1. The van der Waals surface area contributed by atoms with Gasteiger partial charge in [-0.05, 0) is 25.0 Å². The van der Waals surface area contributed by atoms with Crippen LogP contribution in [0, 0.1) is 13.8 Å². The van der Waals surface area contributed by atoms with Crippen molar-refractivity contribution in [3.8, 4) is 0 Å². The molecule has 0 saturated carbocycles. The van der Waals surface area contributed by atoms with Crippen LogP contribution in [0.3, 0.4) is 0 Å². The molecule has 2 heterocycles. The summed E-state index contributed by atoms with van der Waals surface area (Å²) in [5, 5.41) is 6.58. The van der Waals surface area contributed by atoms with Gasteiger partial charge in [-0.2, -0.15) is 0 Å². The lowest BCUT2D eigenvalue weighted by molar-refractivity contribution is 0.0342. The van der Waals surface area contributed by atoms with E-state index in [0.717, 1.165) is 50.3 Å². The van der Waals surface area contributed by atoms with E-state index in [1.54, 1.807) is 7.05 Å². The molecule has 1 fully saturated rings. The fraction of sp³-hybridized carbons (Fsp3) is 0.500. The van der Waals surface area contributed by atoms with Crippen LogP contribution in [0.1, 0.15) is 28.5 Å². The molecule has 3 rings (SSSR count). The van der Waals surface area contributed by atoms with Gasteiger partial charge < -0.3 is 19.8 Å². The Hall–Kier alpha value is -1.65. The van der Waals surface area contributed by atoms with Crippen LogP contribution in [-0.4, -0.2) is 49.2 Å². The molecule has 2 N–H and O–H groups in total. The summed E-state index contributed by atoms with van der Waals surface area (Å²) in [6.45, 7) is 9.69. The van der Waals surface area contributed by atoms with Crippen LogP contribution in [0.5, 0.6) is 0 Å². The minimum atomic E-state index is 0. The first-order valence-corrected chi connectivity index (χ1v) is 9.39. The van der Waals surface area contributed by atoms with Crippen LogP contribution >= 0.6 is 24.0 Å². The summed E-state index contributed by atoms with van der Waals surface area (Å²) in [6.07, 6.45) is 0. The molecule has 0 amide bonds. The third kappa shape index (κ3) is 6.75. The second kappa shape index (κ2) is 11.4. The highest BCUT2D eigenvalue weighted by Gasteiger charge is 2.11. The van der Waals surface area contributed by atoms with Gasteiger partial charge in [-0.3, -0.25) is 9.89 Å². The first-order chi connectivity index (χ1) is 13.1.